The van der Waals surface area contributed by atoms with Crippen LogP contribution < -0.4 is 5.32 Å². The maximum absolute atomic E-state index is 11.3. The first-order valence-electron chi connectivity index (χ1n) is 4.68. The van der Waals surface area contributed by atoms with E-state index < -0.39 is 0 Å². The number of nitrogens with one attached hydrogen (secondary N) is 1. The molecule has 0 bridgehead atoms. The van der Waals surface area contributed by atoms with Crippen molar-refractivity contribution in [3.63, 3.8) is 0 Å². The summed E-state index contributed by atoms with van der Waals surface area (Å²) < 4.78 is 1.11. The van der Waals surface area contributed by atoms with Crippen molar-refractivity contribution in [3.8, 4) is 0 Å². The van der Waals surface area contributed by atoms with Gasteiger partial charge in [-0.05, 0) is 36.1 Å². The van der Waals surface area contributed by atoms with Crippen LogP contribution in [0.2, 0.25) is 0 Å². The maximum atomic E-state index is 11.3. The number of carbonyl (C=O) groups is 1. The molecule has 1 unspecified atom stereocenters. The minimum atomic E-state index is 0.117. The Balaban J connectivity index is 2.54. The van der Waals surface area contributed by atoms with Crippen molar-refractivity contribution < 1.29 is 4.79 Å². The Morgan fingerprint density at radius 2 is 2.21 bits per heavy atom. The average Bonchev–Trinajstić information content (AvgIpc) is 2.08. The predicted molar refractivity (Wildman–Crippen MR) is 60.5 cm³/mol. The van der Waals surface area contributed by atoms with Crippen LogP contribution in [0, 0.1) is 6.92 Å². The van der Waals surface area contributed by atoms with Crippen LogP contribution in [0.15, 0.2) is 16.6 Å². The van der Waals surface area contributed by atoms with Gasteiger partial charge in [-0.15, -0.1) is 0 Å². The highest BCUT2D eigenvalue weighted by molar-refractivity contribution is 9.10. The summed E-state index contributed by atoms with van der Waals surface area (Å²) in [5, 5.41) is 2.90. The van der Waals surface area contributed by atoms with Crippen molar-refractivity contribution in [2.75, 3.05) is 5.32 Å². The molecule has 1 aromatic carbocycles. The molecule has 0 spiro atoms. The van der Waals surface area contributed by atoms with Crippen LogP contribution in [0.1, 0.15) is 30.4 Å². The van der Waals surface area contributed by atoms with Gasteiger partial charge in [0.15, 0.2) is 0 Å². The molecule has 0 fully saturated rings. The van der Waals surface area contributed by atoms with Crippen molar-refractivity contribution in [1.82, 2.24) is 0 Å². The van der Waals surface area contributed by atoms with Crippen LogP contribution in [0.4, 0.5) is 5.69 Å². The summed E-state index contributed by atoms with van der Waals surface area (Å²) in [5.41, 5.74) is 3.34. The van der Waals surface area contributed by atoms with Gasteiger partial charge in [-0.2, -0.15) is 0 Å². The molecule has 0 aliphatic carbocycles. The van der Waals surface area contributed by atoms with Gasteiger partial charge in [-0.3, -0.25) is 4.79 Å². The quantitative estimate of drug-likeness (QED) is 0.756. The van der Waals surface area contributed by atoms with Gasteiger partial charge in [0, 0.05) is 16.6 Å². The first-order chi connectivity index (χ1) is 6.58. The fourth-order valence-corrected chi connectivity index (χ4v) is 2.16. The van der Waals surface area contributed by atoms with Crippen molar-refractivity contribution in [3.05, 3.63) is 27.7 Å². The van der Waals surface area contributed by atoms with Gasteiger partial charge in [-0.25, -0.2) is 0 Å². The fourth-order valence-electron chi connectivity index (χ4n) is 1.80. The van der Waals surface area contributed by atoms with E-state index in [0.717, 1.165) is 15.7 Å². The van der Waals surface area contributed by atoms with Crippen LogP contribution in [-0.2, 0) is 4.79 Å². The van der Waals surface area contributed by atoms with E-state index in [1.54, 1.807) is 0 Å². The van der Waals surface area contributed by atoms with Crippen LogP contribution in [-0.4, -0.2) is 5.91 Å². The first-order valence-corrected chi connectivity index (χ1v) is 5.47. The lowest BCUT2D eigenvalue weighted by Crippen LogP contribution is -2.21. The highest BCUT2D eigenvalue weighted by Gasteiger charge is 2.22. The maximum Gasteiger partial charge on any atom is 0.224 e. The smallest absolute Gasteiger partial charge is 0.224 e. The summed E-state index contributed by atoms with van der Waals surface area (Å²) in [6, 6.07) is 4.13. The van der Waals surface area contributed by atoms with E-state index in [-0.39, 0.29) is 5.91 Å². The van der Waals surface area contributed by atoms with Crippen molar-refractivity contribution in [2.45, 2.75) is 26.2 Å². The van der Waals surface area contributed by atoms with Crippen LogP contribution in [0.5, 0.6) is 0 Å². The third kappa shape index (κ3) is 1.57. The number of benzene rings is 1. The second kappa shape index (κ2) is 3.39. The number of fused-ring (bicyclic) bond motifs is 1. The van der Waals surface area contributed by atoms with Crippen molar-refractivity contribution in [1.29, 1.82) is 0 Å². The number of halogens is 1. The lowest BCUT2D eigenvalue weighted by molar-refractivity contribution is -0.116. The van der Waals surface area contributed by atoms with E-state index in [0.29, 0.717) is 12.3 Å². The molecule has 1 heterocycles. The number of rotatable bonds is 0. The zero-order chi connectivity index (χ0) is 10.3. The SMILES string of the molecule is Cc1cc2c(cc1Br)C(C)CC(=O)N2. The van der Waals surface area contributed by atoms with E-state index in [9.17, 15) is 4.79 Å². The molecule has 0 aromatic heterocycles. The molecule has 1 N–H and O–H groups in total. The molecule has 1 amide bonds. The van der Waals surface area contributed by atoms with E-state index in [2.05, 4.69) is 34.2 Å². The van der Waals surface area contributed by atoms with Gasteiger partial charge in [0.1, 0.15) is 0 Å². The summed E-state index contributed by atoms with van der Waals surface area (Å²) in [6.07, 6.45) is 0.586. The number of hydrogen-bond donors (Lipinski definition) is 1. The number of aryl methyl sites for hydroxylation is 1. The molecule has 2 rings (SSSR count). The molecule has 1 aromatic rings. The Morgan fingerprint density at radius 3 is 2.93 bits per heavy atom. The zero-order valence-corrected chi connectivity index (χ0v) is 9.81. The number of hydrogen-bond acceptors (Lipinski definition) is 1. The summed E-state index contributed by atoms with van der Waals surface area (Å²) in [5.74, 6) is 0.433. The van der Waals surface area contributed by atoms with E-state index >= 15 is 0 Å². The molecule has 1 atom stereocenters. The fraction of sp³-hybridized carbons (Fsp3) is 0.364. The van der Waals surface area contributed by atoms with Crippen molar-refractivity contribution >= 4 is 27.5 Å². The molecular formula is C11H12BrNO. The Morgan fingerprint density at radius 1 is 1.50 bits per heavy atom. The van der Waals surface area contributed by atoms with E-state index in [1.807, 2.05) is 13.0 Å². The molecule has 1 aliphatic rings. The third-order valence-corrected chi connectivity index (χ3v) is 3.48. The molecular weight excluding hydrogens is 242 g/mol. The van der Waals surface area contributed by atoms with Crippen LogP contribution >= 0.6 is 15.9 Å². The topological polar surface area (TPSA) is 29.1 Å². The van der Waals surface area contributed by atoms with E-state index in [4.69, 9.17) is 0 Å². The van der Waals surface area contributed by atoms with Gasteiger partial charge < -0.3 is 5.32 Å². The largest absolute Gasteiger partial charge is 0.326 e. The molecule has 1 aliphatic heterocycles. The van der Waals surface area contributed by atoms with Gasteiger partial charge >= 0.3 is 0 Å². The lowest BCUT2D eigenvalue weighted by atomic mass is 9.91. The number of carbonyl (C=O) groups excluding carboxylic acids is 1. The van der Waals surface area contributed by atoms with Gasteiger partial charge in [0.2, 0.25) is 5.91 Å². The molecule has 14 heavy (non-hydrogen) atoms. The average molecular weight is 254 g/mol. The number of amides is 1. The van der Waals surface area contributed by atoms with E-state index in [1.165, 1.54) is 5.56 Å². The number of anilines is 1. The highest BCUT2D eigenvalue weighted by atomic mass is 79.9. The van der Waals surface area contributed by atoms with Gasteiger partial charge in [-0.1, -0.05) is 22.9 Å². The second-order valence-corrected chi connectivity index (χ2v) is 4.70. The second-order valence-electron chi connectivity index (χ2n) is 3.84. The standard InChI is InChI=1S/C11H12BrNO/c1-6-4-11(14)13-10-3-7(2)9(12)5-8(6)10/h3,5-6H,4H2,1-2H3,(H,13,14). The summed E-state index contributed by atoms with van der Waals surface area (Å²) in [4.78, 5) is 11.3. The Bertz CT molecular complexity index is 401. The highest BCUT2D eigenvalue weighted by Crippen LogP contribution is 2.35. The first kappa shape index (κ1) is 9.71. The van der Waals surface area contributed by atoms with Gasteiger partial charge in [0.25, 0.3) is 0 Å². The minimum absolute atomic E-state index is 0.117. The molecule has 2 nitrogen and oxygen atoms in total. The Hall–Kier alpha value is -0.830. The monoisotopic (exact) mass is 253 g/mol. The third-order valence-electron chi connectivity index (χ3n) is 2.63. The molecule has 0 saturated carbocycles. The Labute approximate surface area is 91.8 Å². The predicted octanol–water partition coefficient (Wildman–Crippen LogP) is 3.20. The summed E-state index contributed by atoms with van der Waals surface area (Å²) in [7, 11) is 0. The van der Waals surface area contributed by atoms with Crippen LogP contribution in [0.3, 0.4) is 0 Å². The summed E-state index contributed by atoms with van der Waals surface area (Å²) in [6.45, 7) is 4.11. The summed E-state index contributed by atoms with van der Waals surface area (Å²) >= 11 is 3.50. The normalized spacial score (nSPS) is 20.2. The molecule has 74 valence electrons. The zero-order valence-electron chi connectivity index (χ0n) is 8.23. The van der Waals surface area contributed by atoms with Crippen molar-refractivity contribution in [2.24, 2.45) is 0 Å². The lowest BCUT2D eigenvalue weighted by Gasteiger charge is -2.23. The molecule has 0 saturated heterocycles. The van der Waals surface area contributed by atoms with Gasteiger partial charge in [0.05, 0.1) is 0 Å². The molecule has 0 radical (unpaired) electrons. The molecule has 3 heteroatoms. The van der Waals surface area contributed by atoms with Crippen LogP contribution in [0.25, 0.3) is 0 Å². The Kier molecular flexibility index (Phi) is 2.35. The minimum Gasteiger partial charge on any atom is -0.326 e.